The van der Waals surface area contributed by atoms with Gasteiger partial charge < -0.3 is 9.32 Å². The van der Waals surface area contributed by atoms with Crippen LogP contribution in [0.5, 0.6) is 0 Å². The maximum Gasteiger partial charge on any atom is 0.257 e. The Morgan fingerprint density at radius 2 is 2.40 bits per heavy atom. The van der Waals surface area contributed by atoms with E-state index in [1.54, 1.807) is 12.3 Å². The van der Waals surface area contributed by atoms with Gasteiger partial charge in [0.1, 0.15) is 6.26 Å². The van der Waals surface area contributed by atoms with Crippen LogP contribution in [0.4, 0.5) is 0 Å². The first-order valence-corrected chi connectivity index (χ1v) is 5.38. The fourth-order valence-corrected chi connectivity index (χ4v) is 2.58. The second-order valence-electron chi connectivity index (χ2n) is 4.19. The lowest BCUT2D eigenvalue weighted by molar-refractivity contribution is 0.0688. The first kappa shape index (κ1) is 8.77. The van der Waals surface area contributed by atoms with Crippen molar-refractivity contribution >= 4 is 5.91 Å². The molecular formula is C12H13NO2. The monoisotopic (exact) mass is 203 g/mol. The van der Waals surface area contributed by atoms with Gasteiger partial charge in [0.15, 0.2) is 0 Å². The van der Waals surface area contributed by atoms with E-state index in [0.717, 1.165) is 19.3 Å². The molecule has 3 heterocycles. The predicted molar refractivity (Wildman–Crippen MR) is 55.4 cm³/mol. The van der Waals surface area contributed by atoms with Gasteiger partial charge in [0.2, 0.25) is 0 Å². The zero-order valence-corrected chi connectivity index (χ0v) is 8.43. The van der Waals surface area contributed by atoms with Gasteiger partial charge >= 0.3 is 0 Å². The molecule has 3 heteroatoms. The molecule has 1 aromatic heterocycles. The van der Waals surface area contributed by atoms with E-state index in [1.165, 1.54) is 6.26 Å². The van der Waals surface area contributed by atoms with Crippen molar-refractivity contribution in [2.75, 3.05) is 0 Å². The second kappa shape index (κ2) is 3.26. The largest absolute Gasteiger partial charge is 0.472 e. The second-order valence-corrected chi connectivity index (χ2v) is 4.19. The molecule has 15 heavy (non-hydrogen) atoms. The number of carbonyl (C=O) groups excluding carboxylic acids is 1. The molecule has 0 spiro atoms. The van der Waals surface area contributed by atoms with Crippen molar-refractivity contribution in [1.29, 1.82) is 0 Å². The third kappa shape index (κ3) is 1.30. The molecule has 2 aliphatic rings. The van der Waals surface area contributed by atoms with Gasteiger partial charge in [-0.2, -0.15) is 0 Å². The van der Waals surface area contributed by atoms with Crippen molar-refractivity contribution < 1.29 is 9.21 Å². The molecule has 3 rings (SSSR count). The highest BCUT2D eigenvalue weighted by Gasteiger charge is 2.37. The summed E-state index contributed by atoms with van der Waals surface area (Å²) in [7, 11) is 0. The third-order valence-electron chi connectivity index (χ3n) is 3.32. The van der Waals surface area contributed by atoms with Gasteiger partial charge in [0.05, 0.1) is 17.9 Å². The first-order valence-electron chi connectivity index (χ1n) is 5.38. The van der Waals surface area contributed by atoms with Crippen LogP contribution in [0, 0.1) is 0 Å². The van der Waals surface area contributed by atoms with Crippen LogP contribution in [0.15, 0.2) is 35.2 Å². The first-order chi connectivity index (χ1) is 7.36. The minimum atomic E-state index is 0.112. The molecule has 2 unspecified atom stereocenters. The lowest BCUT2D eigenvalue weighted by Gasteiger charge is -2.31. The average Bonchev–Trinajstić information content (AvgIpc) is 2.85. The molecule has 78 valence electrons. The Hall–Kier alpha value is -1.51. The highest BCUT2D eigenvalue weighted by Crippen LogP contribution is 2.32. The molecule has 1 amide bonds. The molecule has 2 aliphatic heterocycles. The van der Waals surface area contributed by atoms with Crippen molar-refractivity contribution in [1.82, 2.24) is 4.90 Å². The van der Waals surface area contributed by atoms with Gasteiger partial charge in [0, 0.05) is 6.04 Å². The van der Waals surface area contributed by atoms with E-state index in [0.29, 0.717) is 17.6 Å². The summed E-state index contributed by atoms with van der Waals surface area (Å²) >= 11 is 0. The maximum absolute atomic E-state index is 12.2. The molecule has 0 N–H and O–H groups in total. The molecule has 1 fully saturated rings. The van der Waals surface area contributed by atoms with Crippen LogP contribution in [0.3, 0.4) is 0 Å². The van der Waals surface area contributed by atoms with E-state index in [9.17, 15) is 4.79 Å². The van der Waals surface area contributed by atoms with Gasteiger partial charge in [-0.3, -0.25) is 4.79 Å². The zero-order chi connectivity index (χ0) is 10.3. The highest BCUT2D eigenvalue weighted by atomic mass is 16.3. The van der Waals surface area contributed by atoms with E-state index in [-0.39, 0.29) is 5.91 Å². The zero-order valence-electron chi connectivity index (χ0n) is 8.43. The van der Waals surface area contributed by atoms with Crippen molar-refractivity contribution in [3.8, 4) is 0 Å². The number of amides is 1. The lowest BCUT2D eigenvalue weighted by Crippen LogP contribution is -2.41. The quantitative estimate of drug-likeness (QED) is 0.656. The Bertz CT molecular complexity index is 394. The Kier molecular flexibility index (Phi) is 1.91. The summed E-state index contributed by atoms with van der Waals surface area (Å²) < 4.78 is 4.95. The van der Waals surface area contributed by atoms with Gasteiger partial charge in [0.25, 0.3) is 5.91 Å². The Labute approximate surface area is 88.4 Å². The van der Waals surface area contributed by atoms with E-state index >= 15 is 0 Å². The summed E-state index contributed by atoms with van der Waals surface area (Å²) in [4.78, 5) is 14.2. The number of carbonyl (C=O) groups is 1. The summed E-state index contributed by atoms with van der Waals surface area (Å²) in [5.74, 6) is 0.112. The van der Waals surface area contributed by atoms with E-state index in [4.69, 9.17) is 4.42 Å². The van der Waals surface area contributed by atoms with Crippen LogP contribution in [-0.4, -0.2) is 22.9 Å². The fourth-order valence-electron chi connectivity index (χ4n) is 2.58. The SMILES string of the molecule is O=C(c1ccoc1)N1C2C=CCC1CC2. The standard InChI is InChI=1S/C12H13NO2/c14-12(9-6-7-15-8-9)13-10-2-1-3-11(13)5-4-10/h1-2,6-8,10-11H,3-5H2. The number of hydrogen-bond acceptors (Lipinski definition) is 2. The van der Waals surface area contributed by atoms with Crippen molar-refractivity contribution in [2.24, 2.45) is 0 Å². The van der Waals surface area contributed by atoms with E-state index in [1.807, 2.05) is 4.90 Å². The highest BCUT2D eigenvalue weighted by molar-refractivity contribution is 5.94. The number of nitrogens with zero attached hydrogens (tertiary/aromatic N) is 1. The number of furan rings is 1. The number of hydrogen-bond donors (Lipinski definition) is 0. The predicted octanol–water partition coefficient (Wildman–Crippen LogP) is 2.21. The molecule has 0 aromatic carbocycles. The van der Waals surface area contributed by atoms with E-state index < -0.39 is 0 Å². The van der Waals surface area contributed by atoms with Crippen LogP contribution in [0.1, 0.15) is 29.6 Å². The molecule has 1 saturated heterocycles. The van der Waals surface area contributed by atoms with Gasteiger partial charge in [-0.05, 0) is 25.3 Å². The number of rotatable bonds is 1. The molecule has 2 atom stereocenters. The summed E-state index contributed by atoms with van der Waals surface area (Å²) in [6.07, 6.45) is 10.7. The van der Waals surface area contributed by atoms with Gasteiger partial charge in [-0.25, -0.2) is 0 Å². The molecular weight excluding hydrogens is 190 g/mol. The van der Waals surface area contributed by atoms with Crippen LogP contribution in [0.25, 0.3) is 0 Å². The van der Waals surface area contributed by atoms with Crippen molar-refractivity contribution in [3.05, 3.63) is 36.3 Å². The van der Waals surface area contributed by atoms with E-state index in [2.05, 4.69) is 12.2 Å². The molecule has 0 radical (unpaired) electrons. The Balaban J connectivity index is 1.89. The van der Waals surface area contributed by atoms with Crippen LogP contribution in [-0.2, 0) is 0 Å². The molecule has 3 nitrogen and oxygen atoms in total. The molecule has 0 aliphatic carbocycles. The maximum atomic E-state index is 12.2. The fraction of sp³-hybridized carbons (Fsp3) is 0.417. The number of fused-ring (bicyclic) bond motifs is 2. The van der Waals surface area contributed by atoms with Crippen LogP contribution < -0.4 is 0 Å². The van der Waals surface area contributed by atoms with Crippen LogP contribution >= 0.6 is 0 Å². The topological polar surface area (TPSA) is 33.5 Å². The minimum Gasteiger partial charge on any atom is -0.472 e. The third-order valence-corrected chi connectivity index (χ3v) is 3.32. The molecule has 1 aromatic rings. The van der Waals surface area contributed by atoms with Gasteiger partial charge in [-0.1, -0.05) is 12.2 Å². The minimum absolute atomic E-state index is 0.112. The Morgan fingerprint density at radius 1 is 1.47 bits per heavy atom. The average molecular weight is 203 g/mol. The Morgan fingerprint density at radius 3 is 3.13 bits per heavy atom. The summed E-state index contributed by atoms with van der Waals surface area (Å²) in [5.41, 5.74) is 0.669. The normalized spacial score (nSPS) is 28.4. The summed E-state index contributed by atoms with van der Waals surface area (Å²) in [6.45, 7) is 0. The lowest BCUT2D eigenvalue weighted by atomic mass is 10.1. The van der Waals surface area contributed by atoms with Crippen LogP contribution in [0.2, 0.25) is 0 Å². The summed E-state index contributed by atoms with van der Waals surface area (Å²) in [5, 5.41) is 0. The smallest absolute Gasteiger partial charge is 0.257 e. The van der Waals surface area contributed by atoms with Crippen molar-refractivity contribution in [2.45, 2.75) is 31.3 Å². The molecule has 2 bridgehead atoms. The molecule has 0 saturated carbocycles. The van der Waals surface area contributed by atoms with Gasteiger partial charge in [-0.15, -0.1) is 0 Å². The summed E-state index contributed by atoms with van der Waals surface area (Å²) in [6, 6.07) is 2.45. The van der Waals surface area contributed by atoms with Crippen molar-refractivity contribution in [3.63, 3.8) is 0 Å².